The number of rotatable bonds is 4. The van der Waals surface area contributed by atoms with E-state index in [4.69, 9.17) is 5.73 Å². The summed E-state index contributed by atoms with van der Waals surface area (Å²) in [5.74, 6) is 1.14. The van der Waals surface area contributed by atoms with Crippen molar-refractivity contribution in [2.45, 2.75) is 64.5 Å². The second kappa shape index (κ2) is 10.7. The van der Waals surface area contributed by atoms with E-state index >= 15 is 0 Å². The molecule has 1 saturated heterocycles. The van der Waals surface area contributed by atoms with E-state index in [1.807, 2.05) is 0 Å². The first-order valence-corrected chi connectivity index (χ1v) is 8.33. The van der Waals surface area contributed by atoms with Gasteiger partial charge in [0.15, 0.2) is 0 Å². The number of hydrogen-bond acceptors (Lipinski definition) is 3. The molecule has 132 valence electrons. The lowest BCUT2D eigenvalue weighted by molar-refractivity contribution is -0.127. The molecule has 1 saturated carbocycles. The highest BCUT2D eigenvalue weighted by Crippen LogP contribution is 2.24. The lowest BCUT2D eigenvalue weighted by Crippen LogP contribution is -2.48. The second-order valence-electron chi connectivity index (χ2n) is 7.10. The van der Waals surface area contributed by atoms with Gasteiger partial charge in [-0.15, -0.1) is 24.8 Å². The highest BCUT2D eigenvalue weighted by atomic mass is 35.5. The van der Waals surface area contributed by atoms with Crippen molar-refractivity contribution in [2.24, 2.45) is 17.6 Å². The summed E-state index contributed by atoms with van der Waals surface area (Å²) in [4.78, 5) is 14.8. The van der Waals surface area contributed by atoms with E-state index < -0.39 is 0 Å². The Kier molecular flexibility index (Phi) is 10.7. The van der Waals surface area contributed by atoms with Gasteiger partial charge in [0.25, 0.3) is 0 Å². The zero-order chi connectivity index (χ0) is 14.5. The Morgan fingerprint density at radius 3 is 2.36 bits per heavy atom. The third kappa shape index (κ3) is 7.03. The molecular formula is C16H33Cl2N3O. The first-order valence-electron chi connectivity index (χ1n) is 8.33. The number of likely N-dealkylation sites (tertiary alicyclic amines) is 1. The van der Waals surface area contributed by atoms with Crippen molar-refractivity contribution in [2.75, 3.05) is 19.6 Å². The minimum absolute atomic E-state index is 0. The molecule has 0 bridgehead atoms. The number of halogens is 2. The number of carbonyl (C=O) groups is 1. The SMILES string of the molecule is CC(C)CN1CCC(NC(=O)C2CCCC(N)C2)CC1.Cl.Cl. The molecule has 6 heteroatoms. The standard InChI is InChI=1S/C16H31N3O.2ClH/c1-12(2)11-19-8-6-15(7-9-19)18-16(20)13-4-3-5-14(17)10-13;;/h12-15H,3-11,17H2,1-2H3,(H,18,20);2*1H. The first-order chi connectivity index (χ1) is 9.54. The first kappa shape index (κ1) is 22.0. The van der Waals surface area contributed by atoms with Gasteiger partial charge in [0.1, 0.15) is 0 Å². The van der Waals surface area contributed by atoms with E-state index in [2.05, 4.69) is 24.1 Å². The minimum atomic E-state index is 0. The number of carbonyl (C=O) groups excluding carboxylic acids is 1. The van der Waals surface area contributed by atoms with Crippen LogP contribution >= 0.6 is 24.8 Å². The molecular weight excluding hydrogens is 321 g/mol. The molecule has 22 heavy (non-hydrogen) atoms. The molecule has 2 aliphatic rings. The fourth-order valence-corrected chi connectivity index (χ4v) is 3.56. The molecule has 4 nitrogen and oxygen atoms in total. The Morgan fingerprint density at radius 1 is 1.18 bits per heavy atom. The molecule has 1 aliphatic carbocycles. The van der Waals surface area contributed by atoms with Crippen LogP contribution in [0.5, 0.6) is 0 Å². The fraction of sp³-hybridized carbons (Fsp3) is 0.938. The zero-order valence-electron chi connectivity index (χ0n) is 13.9. The molecule has 1 heterocycles. The molecule has 0 spiro atoms. The smallest absolute Gasteiger partial charge is 0.223 e. The normalized spacial score (nSPS) is 26.9. The van der Waals surface area contributed by atoms with Crippen molar-refractivity contribution in [3.63, 3.8) is 0 Å². The average molecular weight is 354 g/mol. The third-order valence-electron chi connectivity index (χ3n) is 4.64. The number of piperidine rings is 1. The molecule has 2 unspecified atom stereocenters. The molecule has 1 amide bonds. The fourth-order valence-electron chi connectivity index (χ4n) is 3.56. The maximum atomic E-state index is 12.3. The Labute approximate surface area is 147 Å². The van der Waals surface area contributed by atoms with Gasteiger partial charge in [-0.2, -0.15) is 0 Å². The van der Waals surface area contributed by atoms with Crippen molar-refractivity contribution in [1.82, 2.24) is 10.2 Å². The second-order valence-corrected chi connectivity index (χ2v) is 7.10. The number of nitrogens with one attached hydrogen (secondary N) is 1. The molecule has 0 aromatic heterocycles. The number of nitrogens with two attached hydrogens (primary N) is 1. The lowest BCUT2D eigenvalue weighted by atomic mass is 9.85. The molecule has 0 aromatic carbocycles. The van der Waals surface area contributed by atoms with Crippen LogP contribution in [-0.2, 0) is 4.79 Å². The summed E-state index contributed by atoms with van der Waals surface area (Å²) in [6.45, 7) is 7.94. The van der Waals surface area contributed by atoms with Gasteiger partial charge in [-0.05, 0) is 38.0 Å². The Balaban J connectivity index is 0.00000220. The number of hydrogen-bond donors (Lipinski definition) is 2. The van der Waals surface area contributed by atoms with Crippen LogP contribution in [0.25, 0.3) is 0 Å². The Bertz CT molecular complexity index is 321. The Hall–Kier alpha value is -0.0300. The van der Waals surface area contributed by atoms with Gasteiger partial charge in [-0.3, -0.25) is 4.79 Å². The van der Waals surface area contributed by atoms with Gasteiger partial charge in [0.2, 0.25) is 5.91 Å². The van der Waals surface area contributed by atoms with E-state index in [1.165, 1.54) is 6.54 Å². The Morgan fingerprint density at radius 2 is 1.82 bits per heavy atom. The zero-order valence-corrected chi connectivity index (χ0v) is 15.6. The predicted octanol–water partition coefficient (Wildman–Crippen LogP) is 2.58. The summed E-state index contributed by atoms with van der Waals surface area (Å²) in [6, 6.07) is 0.608. The van der Waals surface area contributed by atoms with Crippen molar-refractivity contribution in [3.8, 4) is 0 Å². The molecule has 2 fully saturated rings. The summed E-state index contributed by atoms with van der Waals surface area (Å²) in [5.41, 5.74) is 5.97. The van der Waals surface area contributed by atoms with Crippen LogP contribution in [0.4, 0.5) is 0 Å². The van der Waals surface area contributed by atoms with E-state index in [-0.39, 0.29) is 42.7 Å². The van der Waals surface area contributed by atoms with Crippen molar-refractivity contribution >= 4 is 30.7 Å². The van der Waals surface area contributed by atoms with Crippen LogP contribution in [0.2, 0.25) is 0 Å². The van der Waals surface area contributed by atoms with Crippen LogP contribution in [0.1, 0.15) is 52.4 Å². The van der Waals surface area contributed by atoms with Crippen molar-refractivity contribution in [1.29, 1.82) is 0 Å². The predicted molar refractivity (Wildman–Crippen MR) is 96.9 cm³/mol. The molecule has 2 rings (SSSR count). The summed E-state index contributed by atoms with van der Waals surface area (Å²) in [6.07, 6.45) is 6.27. The topological polar surface area (TPSA) is 58.4 Å². The van der Waals surface area contributed by atoms with Gasteiger partial charge in [-0.1, -0.05) is 20.3 Å². The highest BCUT2D eigenvalue weighted by molar-refractivity contribution is 5.85. The van der Waals surface area contributed by atoms with E-state index in [9.17, 15) is 4.79 Å². The molecule has 1 aliphatic heterocycles. The summed E-state index contributed by atoms with van der Waals surface area (Å²) < 4.78 is 0. The van der Waals surface area contributed by atoms with Crippen LogP contribution in [0.15, 0.2) is 0 Å². The lowest BCUT2D eigenvalue weighted by Gasteiger charge is -2.34. The quantitative estimate of drug-likeness (QED) is 0.816. The van der Waals surface area contributed by atoms with E-state index in [0.29, 0.717) is 6.04 Å². The van der Waals surface area contributed by atoms with Gasteiger partial charge >= 0.3 is 0 Å². The van der Waals surface area contributed by atoms with Gasteiger partial charge in [-0.25, -0.2) is 0 Å². The monoisotopic (exact) mass is 353 g/mol. The van der Waals surface area contributed by atoms with E-state index in [1.54, 1.807) is 0 Å². The third-order valence-corrected chi connectivity index (χ3v) is 4.64. The van der Waals surface area contributed by atoms with Crippen LogP contribution in [-0.4, -0.2) is 42.5 Å². The van der Waals surface area contributed by atoms with Crippen molar-refractivity contribution < 1.29 is 4.79 Å². The highest BCUT2D eigenvalue weighted by Gasteiger charge is 2.28. The maximum Gasteiger partial charge on any atom is 0.223 e. The van der Waals surface area contributed by atoms with Crippen molar-refractivity contribution in [3.05, 3.63) is 0 Å². The van der Waals surface area contributed by atoms with Crippen LogP contribution in [0.3, 0.4) is 0 Å². The molecule has 3 N–H and O–H groups in total. The molecule has 0 aromatic rings. The molecule has 2 atom stereocenters. The maximum absolute atomic E-state index is 12.3. The van der Waals surface area contributed by atoms with Gasteiger partial charge < -0.3 is 16.0 Å². The minimum Gasteiger partial charge on any atom is -0.353 e. The summed E-state index contributed by atoms with van der Waals surface area (Å²) in [5, 5.41) is 3.26. The number of amides is 1. The number of nitrogens with zero attached hydrogens (tertiary/aromatic N) is 1. The largest absolute Gasteiger partial charge is 0.353 e. The average Bonchev–Trinajstić information content (AvgIpc) is 2.40. The van der Waals surface area contributed by atoms with E-state index in [0.717, 1.165) is 57.5 Å². The van der Waals surface area contributed by atoms with Crippen LogP contribution in [0, 0.1) is 11.8 Å². The van der Waals surface area contributed by atoms with Crippen LogP contribution < -0.4 is 11.1 Å². The molecule has 0 radical (unpaired) electrons. The van der Waals surface area contributed by atoms with Gasteiger partial charge in [0.05, 0.1) is 0 Å². The van der Waals surface area contributed by atoms with Gasteiger partial charge in [0, 0.05) is 37.6 Å². The summed E-state index contributed by atoms with van der Waals surface area (Å²) >= 11 is 0. The summed E-state index contributed by atoms with van der Waals surface area (Å²) in [7, 11) is 0.